The lowest BCUT2D eigenvalue weighted by molar-refractivity contribution is 0.238. The number of halogens is 1. The van der Waals surface area contributed by atoms with Crippen molar-refractivity contribution in [2.75, 3.05) is 39.1 Å². The van der Waals surface area contributed by atoms with E-state index in [1.54, 1.807) is 11.3 Å². The monoisotopic (exact) mass is 530 g/mol. The number of guanidine groups is 1. The van der Waals surface area contributed by atoms with Gasteiger partial charge in [0, 0.05) is 45.2 Å². The zero-order valence-electron chi connectivity index (χ0n) is 18.2. The smallest absolute Gasteiger partial charge is 0.191 e. The summed E-state index contributed by atoms with van der Waals surface area (Å²) < 4.78 is 0. The number of hydrogen-bond acceptors (Lipinski definition) is 5. The fourth-order valence-electron chi connectivity index (χ4n) is 2.72. The highest BCUT2D eigenvalue weighted by atomic mass is 127. The highest BCUT2D eigenvalue weighted by Gasteiger charge is 2.10. The Balaban J connectivity index is 0.00000420. The first-order chi connectivity index (χ1) is 13.5. The normalized spacial score (nSPS) is 12.4. The molecule has 162 valence electrons. The SMILES string of the molecule is CCNC(=NCc1csc(N(C)C)n1)NCCC(C)N(C)Cc1ccccc1.I. The molecule has 0 aliphatic rings. The first-order valence-electron chi connectivity index (χ1n) is 9.87. The van der Waals surface area contributed by atoms with Crippen LogP contribution in [-0.4, -0.2) is 56.1 Å². The number of rotatable bonds is 10. The number of nitrogens with one attached hydrogen (secondary N) is 2. The van der Waals surface area contributed by atoms with Crippen molar-refractivity contribution in [3.63, 3.8) is 0 Å². The number of hydrogen-bond donors (Lipinski definition) is 2. The number of aromatic nitrogens is 1. The average molecular weight is 531 g/mol. The van der Waals surface area contributed by atoms with E-state index in [4.69, 9.17) is 0 Å². The van der Waals surface area contributed by atoms with Crippen molar-refractivity contribution < 1.29 is 0 Å². The maximum absolute atomic E-state index is 4.67. The lowest BCUT2D eigenvalue weighted by atomic mass is 10.1. The highest BCUT2D eigenvalue weighted by Crippen LogP contribution is 2.18. The molecule has 1 heterocycles. The van der Waals surface area contributed by atoms with Gasteiger partial charge in [-0.15, -0.1) is 35.3 Å². The van der Waals surface area contributed by atoms with Gasteiger partial charge >= 0.3 is 0 Å². The van der Waals surface area contributed by atoms with Crippen molar-refractivity contribution in [3.05, 3.63) is 47.0 Å². The second kappa shape index (κ2) is 13.8. The minimum Gasteiger partial charge on any atom is -0.357 e. The van der Waals surface area contributed by atoms with Crippen LogP contribution < -0.4 is 15.5 Å². The van der Waals surface area contributed by atoms with Crippen LogP contribution in [-0.2, 0) is 13.1 Å². The third-order valence-electron chi connectivity index (χ3n) is 4.55. The first-order valence-corrected chi connectivity index (χ1v) is 10.8. The van der Waals surface area contributed by atoms with Crippen LogP contribution in [0, 0.1) is 0 Å². The van der Waals surface area contributed by atoms with E-state index in [0.29, 0.717) is 12.6 Å². The molecule has 6 nitrogen and oxygen atoms in total. The number of benzene rings is 1. The highest BCUT2D eigenvalue weighted by molar-refractivity contribution is 14.0. The Labute approximate surface area is 196 Å². The predicted molar refractivity (Wildman–Crippen MR) is 137 cm³/mol. The predicted octanol–water partition coefficient (Wildman–Crippen LogP) is 3.79. The summed E-state index contributed by atoms with van der Waals surface area (Å²) in [7, 11) is 6.20. The largest absolute Gasteiger partial charge is 0.357 e. The van der Waals surface area contributed by atoms with Crippen LogP contribution in [0.3, 0.4) is 0 Å². The van der Waals surface area contributed by atoms with E-state index in [0.717, 1.165) is 42.8 Å². The number of anilines is 1. The molecule has 0 saturated carbocycles. The molecule has 29 heavy (non-hydrogen) atoms. The van der Waals surface area contributed by atoms with Crippen LogP contribution in [0.1, 0.15) is 31.5 Å². The molecular weight excluding hydrogens is 495 g/mol. The topological polar surface area (TPSA) is 55.8 Å². The first kappa shape index (κ1) is 25.6. The summed E-state index contributed by atoms with van der Waals surface area (Å²) in [6.07, 6.45) is 1.05. The van der Waals surface area contributed by atoms with Gasteiger partial charge in [0.2, 0.25) is 0 Å². The van der Waals surface area contributed by atoms with Gasteiger partial charge in [0.1, 0.15) is 0 Å². The fourth-order valence-corrected chi connectivity index (χ4v) is 3.47. The average Bonchev–Trinajstić information content (AvgIpc) is 3.16. The molecule has 2 rings (SSSR count). The van der Waals surface area contributed by atoms with E-state index >= 15 is 0 Å². The second-order valence-electron chi connectivity index (χ2n) is 7.18. The van der Waals surface area contributed by atoms with E-state index in [-0.39, 0.29) is 24.0 Å². The minimum atomic E-state index is 0. The lowest BCUT2D eigenvalue weighted by Crippen LogP contribution is -2.40. The summed E-state index contributed by atoms with van der Waals surface area (Å²) in [5.41, 5.74) is 2.35. The summed E-state index contributed by atoms with van der Waals surface area (Å²) in [5, 5.41) is 9.85. The van der Waals surface area contributed by atoms with E-state index in [1.165, 1.54) is 5.56 Å². The van der Waals surface area contributed by atoms with Crippen molar-refractivity contribution in [1.82, 2.24) is 20.5 Å². The van der Waals surface area contributed by atoms with Gasteiger partial charge in [0.05, 0.1) is 12.2 Å². The molecule has 0 aliphatic carbocycles. The lowest BCUT2D eigenvalue weighted by Gasteiger charge is -2.25. The van der Waals surface area contributed by atoms with E-state index in [2.05, 4.69) is 82.1 Å². The molecule has 1 unspecified atom stereocenters. The molecule has 0 saturated heterocycles. The fraction of sp³-hybridized carbons (Fsp3) is 0.524. The molecule has 0 bridgehead atoms. The zero-order valence-corrected chi connectivity index (χ0v) is 21.3. The third kappa shape index (κ3) is 9.31. The molecule has 1 aromatic carbocycles. The van der Waals surface area contributed by atoms with Crippen molar-refractivity contribution in [2.45, 2.75) is 39.4 Å². The molecule has 1 atom stereocenters. The van der Waals surface area contributed by atoms with Gasteiger partial charge in [0.25, 0.3) is 0 Å². The molecule has 2 N–H and O–H groups in total. The standard InChI is InChI=1S/C21H34N6S.HI/c1-6-22-20(24-14-19-16-28-21(25-19)26(3)4)23-13-12-17(2)27(5)15-18-10-8-7-9-11-18;/h7-11,16-17H,6,12-15H2,1-5H3,(H2,22,23,24);1H. The van der Waals surface area contributed by atoms with Crippen molar-refractivity contribution in [2.24, 2.45) is 4.99 Å². The summed E-state index contributed by atoms with van der Waals surface area (Å²) >= 11 is 1.65. The van der Waals surface area contributed by atoms with Gasteiger partial charge < -0.3 is 15.5 Å². The summed E-state index contributed by atoms with van der Waals surface area (Å²) in [6.45, 7) is 7.63. The van der Waals surface area contributed by atoms with Crippen LogP contribution in [0.4, 0.5) is 5.13 Å². The molecule has 8 heteroatoms. The van der Waals surface area contributed by atoms with Crippen LogP contribution >= 0.6 is 35.3 Å². The molecule has 0 fully saturated rings. The van der Waals surface area contributed by atoms with Crippen molar-refractivity contribution in [1.29, 1.82) is 0 Å². The Morgan fingerprint density at radius 2 is 1.90 bits per heavy atom. The Morgan fingerprint density at radius 1 is 1.17 bits per heavy atom. The van der Waals surface area contributed by atoms with E-state index in [9.17, 15) is 0 Å². The summed E-state index contributed by atoms with van der Waals surface area (Å²) in [5.74, 6) is 0.847. The van der Waals surface area contributed by atoms with Crippen molar-refractivity contribution in [3.8, 4) is 0 Å². The maximum Gasteiger partial charge on any atom is 0.191 e. The van der Waals surface area contributed by atoms with Gasteiger partial charge in [-0.1, -0.05) is 30.3 Å². The minimum absolute atomic E-state index is 0. The molecule has 0 aliphatic heterocycles. The summed E-state index contributed by atoms with van der Waals surface area (Å²) in [4.78, 5) is 13.7. The van der Waals surface area contributed by atoms with Gasteiger partial charge in [-0.05, 0) is 32.9 Å². The summed E-state index contributed by atoms with van der Waals surface area (Å²) in [6, 6.07) is 11.1. The Kier molecular flexibility index (Phi) is 12.2. The van der Waals surface area contributed by atoms with Gasteiger partial charge in [0.15, 0.2) is 11.1 Å². The molecule has 0 amide bonds. The Hall–Kier alpha value is -1.39. The van der Waals surface area contributed by atoms with Crippen LogP contribution in [0.2, 0.25) is 0 Å². The third-order valence-corrected chi connectivity index (χ3v) is 5.60. The molecule has 0 spiro atoms. The molecule has 2 aromatic rings. The molecular formula is C21H35IN6S. The van der Waals surface area contributed by atoms with Crippen LogP contribution in [0.25, 0.3) is 0 Å². The maximum atomic E-state index is 4.67. The molecule has 1 aromatic heterocycles. The Morgan fingerprint density at radius 3 is 2.52 bits per heavy atom. The number of nitrogens with zero attached hydrogens (tertiary/aromatic N) is 4. The number of thiazole rings is 1. The Bertz CT molecular complexity index is 719. The van der Waals surface area contributed by atoms with E-state index < -0.39 is 0 Å². The quantitative estimate of drug-likeness (QED) is 0.278. The van der Waals surface area contributed by atoms with Crippen molar-refractivity contribution >= 4 is 46.4 Å². The van der Waals surface area contributed by atoms with Crippen LogP contribution in [0.5, 0.6) is 0 Å². The van der Waals surface area contributed by atoms with Gasteiger partial charge in [-0.2, -0.15) is 0 Å². The van der Waals surface area contributed by atoms with Gasteiger partial charge in [-0.3, -0.25) is 4.90 Å². The zero-order chi connectivity index (χ0) is 20.4. The number of aliphatic imine (C=N–C) groups is 1. The second-order valence-corrected chi connectivity index (χ2v) is 8.01. The molecule has 0 radical (unpaired) electrons. The van der Waals surface area contributed by atoms with Crippen LogP contribution in [0.15, 0.2) is 40.7 Å². The van der Waals surface area contributed by atoms with E-state index in [1.807, 2.05) is 19.0 Å². The van der Waals surface area contributed by atoms with Gasteiger partial charge in [-0.25, -0.2) is 9.98 Å².